The molecule has 37 heavy (non-hydrogen) atoms. The Bertz CT molecular complexity index is 831. The van der Waals surface area contributed by atoms with Crippen molar-refractivity contribution in [3.8, 4) is 0 Å². The molecule has 0 amide bonds. The van der Waals surface area contributed by atoms with Gasteiger partial charge in [-0.15, -0.1) is 0 Å². The summed E-state index contributed by atoms with van der Waals surface area (Å²) in [4.78, 5) is 23.1. The van der Waals surface area contributed by atoms with Crippen LogP contribution < -0.4 is 0 Å². The number of alkyl halides is 6. The predicted molar refractivity (Wildman–Crippen MR) is 120 cm³/mol. The lowest BCUT2D eigenvalue weighted by Gasteiger charge is -2.39. The monoisotopic (exact) mass is 548 g/mol. The van der Waals surface area contributed by atoms with Gasteiger partial charge in [0.15, 0.2) is 0 Å². The van der Waals surface area contributed by atoms with Crippen LogP contribution in [0.25, 0.3) is 0 Å². The predicted octanol–water partition coefficient (Wildman–Crippen LogP) is 3.19. The molecule has 1 aromatic rings. The van der Waals surface area contributed by atoms with Crippen LogP contribution >= 0.6 is 0 Å². The Morgan fingerprint density at radius 1 is 1.08 bits per heavy atom. The number of carbonyl (C=O) groups is 2. The summed E-state index contributed by atoms with van der Waals surface area (Å²) < 4.78 is 71.0. The summed E-state index contributed by atoms with van der Waals surface area (Å²) in [5.41, 5.74) is 1.36. The summed E-state index contributed by atoms with van der Waals surface area (Å²) in [5.74, 6) is -5.51. The van der Waals surface area contributed by atoms with Gasteiger partial charge in [0, 0.05) is 57.2 Å². The Balaban J connectivity index is 0.000000404. The average molecular weight is 549 g/mol. The summed E-state index contributed by atoms with van der Waals surface area (Å²) in [7, 11) is 4.30. The van der Waals surface area contributed by atoms with Crippen LogP contribution in [0.3, 0.4) is 0 Å². The fourth-order valence-corrected chi connectivity index (χ4v) is 4.26. The van der Waals surface area contributed by atoms with E-state index in [1.54, 1.807) is 0 Å². The summed E-state index contributed by atoms with van der Waals surface area (Å²) in [6, 6.07) is 2.51. The number of nitrogens with zero attached hydrogens (tertiary/aromatic N) is 4. The zero-order valence-electron chi connectivity index (χ0n) is 21.1. The molecule has 0 radical (unpaired) electrons. The maximum atomic E-state index is 10.6. The van der Waals surface area contributed by atoms with Crippen LogP contribution in [0.2, 0.25) is 0 Å². The molecular formula is C22H34F6N4O5. The number of aryl methyl sites for hydroxylation is 1. The van der Waals surface area contributed by atoms with Crippen molar-refractivity contribution in [1.82, 2.24) is 19.6 Å². The van der Waals surface area contributed by atoms with E-state index in [-0.39, 0.29) is 0 Å². The first-order chi connectivity index (χ1) is 16.9. The molecule has 0 bridgehead atoms. The maximum absolute atomic E-state index is 10.6. The Morgan fingerprint density at radius 2 is 1.57 bits per heavy atom. The second-order valence-electron chi connectivity index (χ2n) is 9.10. The Morgan fingerprint density at radius 3 is 1.95 bits per heavy atom. The van der Waals surface area contributed by atoms with Gasteiger partial charge in [0.2, 0.25) is 0 Å². The summed E-state index contributed by atoms with van der Waals surface area (Å²) in [6.07, 6.45) is -1.22. The van der Waals surface area contributed by atoms with E-state index < -0.39 is 24.3 Å². The number of hydrogen-bond acceptors (Lipinski definition) is 6. The molecule has 0 saturated carbocycles. The number of halogens is 6. The topological polar surface area (TPSA) is 108 Å². The van der Waals surface area contributed by atoms with Gasteiger partial charge in [-0.1, -0.05) is 0 Å². The molecule has 0 spiro atoms. The van der Waals surface area contributed by atoms with Crippen molar-refractivity contribution in [3.63, 3.8) is 0 Å². The van der Waals surface area contributed by atoms with Crippen LogP contribution in [-0.2, 0) is 27.8 Å². The number of carboxylic acids is 2. The quantitative estimate of drug-likeness (QED) is 0.541. The third kappa shape index (κ3) is 10.9. The molecular weight excluding hydrogens is 514 g/mol. The van der Waals surface area contributed by atoms with Gasteiger partial charge in [-0.25, -0.2) is 9.59 Å². The zero-order valence-corrected chi connectivity index (χ0v) is 21.1. The molecule has 15 heteroatoms. The Kier molecular flexibility index (Phi) is 12.3. The lowest BCUT2D eigenvalue weighted by atomic mass is 9.98. The summed E-state index contributed by atoms with van der Waals surface area (Å²) >= 11 is 0. The van der Waals surface area contributed by atoms with Crippen LogP contribution in [0.15, 0.2) is 12.4 Å². The van der Waals surface area contributed by atoms with E-state index in [1.165, 1.54) is 31.4 Å². The second kappa shape index (κ2) is 14.0. The Labute approximate surface area is 211 Å². The number of aliphatic carboxylic acids is 2. The van der Waals surface area contributed by atoms with Crippen molar-refractivity contribution in [3.05, 3.63) is 18.0 Å². The number of likely N-dealkylation sites (tertiary alicyclic amines) is 1. The minimum absolute atomic E-state index is 0.589. The largest absolute Gasteiger partial charge is 0.490 e. The molecule has 0 aliphatic carbocycles. The molecule has 3 rings (SSSR count). The lowest BCUT2D eigenvalue weighted by Crippen LogP contribution is -2.50. The highest BCUT2D eigenvalue weighted by molar-refractivity contribution is 5.73. The standard InChI is InChI=1S/C18H32N4O.2C2HF3O2/c1-14(2)21(4)17-5-8-22(16-6-9-23-10-7-16)18(17)11-15-12-19-20(3)13-15;2*3-2(4,5)1(6)7/h12-14,16-18H,5-11H2,1-4H3;2*(H,6,7)/t17-,18+;;/m1../s1. The molecule has 2 saturated heterocycles. The van der Waals surface area contributed by atoms with Crippen LogP contribution in [0, 0.1) is 0 Å². The van der Waals surface area contributed by atoms with Crippen LogP contribution in [0.1, 0.15) is 38.7 Å². The van der Waals surface area contributed by atoms with Crippen LogP contribution in [0.5, 0.6) is 0 Å². The van der Waals surface area contributed by atoms with Crippen molar-refractivity contribution in [2.45, 2.75) is 76.1 Å². The zero-order chi connectivity index (χ0) is 28.6. The number of ether oxygens (including phenoxy) is 1. The van der Waals surface area contributed by atoms with Gasteiger partial charge >= 0.3 is 24.3 Å². The van der Waals surface area contributed by atoms with E-state index in [0.717, 1.165) is 19.6 Å². The van der Waals surface area contributed by atoms with Crippen molar-refractivity contribution in [2.24, 2.45) is 7.05 Å². The van der Waals surface area contributed by atoms with Gasteiger partial charge in [0.1, 0.15) is 0 Å². The molecule has 2 aliphatic rings. The molecule has 2 N–H and O–H groups in total. The second-order valence-corrected chi connectivity index (χ2v) is 9.10. The summed E-state index contributed by atoms with van der Waals surface area (Å²) in [6.45, 7) is 7.67. The first kappa shape index (κ1) is 32.6. The maximum Gasteiger partial charge on any atom is 0.490 e. The number of rotatable bonds is 5. The van der Waals surface area contributed by atoms with Crippen molar-refractivity contribution in [2.75, 3.05) is 26.8 Å². The van der Waals surface area contributed by atoms with E-state index in [9.17, 15) is 26.3 Å². The highest BCUT2D eigenvalue weighted by Crippen LogP contribution is 2.31. The number of likely N-dealkylation sites (N-methyl/N-ethyl adjacent to an activating group) is 1. The van der Waals surface area contributed by atoms with E-state index in [0.29, 0.717) is 24.2 Å². The molecule has 214 valence electrons. The number of carboxylic acid groups (broad SMARTS) is 2. The molecule has 1 aromatic heterocycles. The van der Waals surface area contributed by atoms with Gasteiger partial charge in [0.25, 0.3) is 0 Å². The van der Waals surface area contributed by atoms with Gasteiger partial charge < -0.3 is 14.9 Å². The summed E-state index contributed by atoms with van der Waals surface area (Å²) in [5, 5.41) is 18.6. The van der Waals surface area contributed by atoms with E-state index in [2.05, 4.69) is 42.0 Å². The van der Waals surface area contributed by atoms with Gasteiger partial charge in [-0.05, 0) is 52.1 Å². The normalized spacial score (nSPS) is 21.3. The van der Waals surface area contributed by atoms with Gasteiger partial charge in [-0.3, -0.25) is 14.5 Å². The van der Waals surface area contributed by atoms with E-state index in [4.69, 9.17) is 24.5 Å². The highest BCUT2D eigenvalue weighted by atomic mass is 19.4. The van der Waals surface area contributed by atoms with Crippen molar-refractivity contribution in [1.29, 1.82) is 0 Å². The smallest absolute Gasteiger partial charge is 0.475 e. The van der Waals surface area contributed by atoms with E-state index in [1.807, 2.05) is 17.9 Å². The fourth-order valence-electron chi connectivity index (χ4n) is 4.26. The minimum Gasteiger partial charge on any atom is -0.475 e. The fraction of sp³-hybridized carbons (Fsp3) is 0.773. The first-order valence-electron chi connectivity index (χ1n) is 11.6. The van der Waals surface area contributed by atoms with Crippen molar-refractivity contribution < 1.29 is 50.9 Å². The van der Waals surface area contributed by atoms with Crippen LogP contribution in [0.4, 0.5) is 26.3 Å². The molecule has 3 heterocycles. The van der Waals surface area contributed by atoms with Crippen LogP contribution in [-0.4, -0.2) is 105 Å². The highest BCUT2D eigenvalue weighted by Gasteiger charge is 2.41. The minimum atomic E-state index is -5.08. The first-order valence-corrected chi connectivity index (χ1v) is 11.6. The number of hydrogen-bond donors (Lipinski definition) is 2. The van der Waals surface area contributed by atoms with Gasteiger partial charge in [-0.2, -0.15) is 31.4 Å². The lowest BCUT2D eigenvalue weighted by molar-refractivity contribution is -0.193. The SMILES string of the molecule is CC(C)N(C)[C@@H]1CCN(C2CCOCC2)[C@H]1Cc1cnn(C)c1.O=C(O)C(F)(F)F.O=C(O)C(F)(F)F. The average Bonchev–Trinajstić information content (AvgIpc) is 3.39. The number of aromatic nitrogens is 2. The van der Waals surface area contributed by atoms with Gasteiger partial charge in [0.05, 0.1) is 6.20 Å². The Hall–Kier alpha value is -2.39. The third-order valence-electron chi connectivity index (χ3n) is 6.24. The molecule has 2 atom stereocenters. The van der Waals surface area contributed by atoms with Crippen molar-refractivity contribution >= 4 is 11.9 Å². The third-order valence-corrected chi connectivity index (χ3v) is 6.24. The molecule has 0 unspecified atom stereocenters. The molecule has 2 fully saturated rings. The van der Waals surface area contributed by atoms with E-state index >= 15 is 0 Å². The molecule has 2 aliphatic heterocycles. The molecule has 9 nitrogen and oxygen atoms in total. The molecule has 0 aromatic carbocycles.